The number of benzene rings is 1. The maximum Gasteiger partial charge on any atom is 0.141 e. The second kappa shape index (κ2) is 5.50. The van der Waals surface area contributed by atoms with Crippen molar-refractivity contribution >= 4 is 11.6 Å². The molecular weight excluding hydrogens is 253 g/mol. The van der Waals surface area contributed by atoms with Gasteiger partial charge in [0.25, 0.3) is 0 Å². The first-order valence-electron chi connectivity index (χ1n) is 5.71. The number of hydrogen-bond donors (Lipinski definition) is 1. The number of hydrogen-bond acceptors (Lipinski definition) is 2. The molecule has 0 bridgehead atoms. The highest BCUT2D eigenvalue weighted by Gasteiger charge is 2.14. The van der Waals surface area contributed by atoms with E-state index in [9.17, 15) is 4.39 Å². The van der Waals surface area contributed by atoms with Crippen LogP contribution < -0.4 is 5.32 Å². The summed E-state index contributed by atoms with van der Waals surface area (Å²) in [6.45, 7) is 0. The molecule has 0 aliphatic heterocycles. The Labute approximate surface area is 111 Å². The van der Waals surface area contributed by atoms with Crippen LogP contribution in [0.2, 0.25) is 5.02 Å². The number of rotatable bonds is 4. The van der Waals surface area contributed by atoms with Crippen molar-refractivity contribution in [1.82, 2.24) is 15.1 Å². The third-order valence-corrected chi connectivity index (χ3v) is 3.28. The van der Waals surface area contributed by atoms with Crippen LogP contribution in [-0.4, -0.2) is 16.8 Å². The van der Waals surface area contributed by atoms with Crippen LogP contribution in [0.3, 0.4) is 0 Å². The van der Waals surface area contributed by atoms with Gasteiger partial charge < -0.3 is 5.32 Å². The average molecular weight is 268 g/mol. The zero-order chi connectivity index (χ0) is 13.1. The van der Waals surface area contributed by atoms with Crippen molar-refractivity contribution in [2.24, 2.45) is 7.05 Å². The summed E-state index contributed by atoms with van der Waals surface area (Å²) < 4.78 is 14.9. The van der Waals surface area contributed by atoms with Crippen molar-refractivity contribution in [3.8, 4) is 0 Å². The summed E-state index contributed by atoms with van der Waals surface area (Å²) in [6, 6.07) is 6.90. The molecule has 96 valence electrons. The lowest BCUT2D eigenvalue weighted by atomic mass is 10.0. The molecule has 1 unspecified atom stereocenters. The number of nitrogens with one attached hydrogen (secondary N) is 1. The molecule has 18 heavy (non-hydrogen) atoms. The van der Waals surface area contributed by atoms with Crippen molar-refractivity contribution in [3.63, 3.8) is 0 Å². The van der Waals surface area contributed by atoms with Crippen LogP contribution in [0.25, 0.3) is 0 Å². The normalized spacial score (nSPS) is 12.7. The molecule has 0 saturated carbocycles. The maximum absolute atomic E-state index is 13.1. The minimum Gasteiger partial charge on any atom is -0.311 e. The largest absolute Gasteiger partial charge is 0.311 e. The first-order chi connectivity index (χ1) is 8.61. The zero-order valence-electron chi connectivity index (χ0n) is 10.3. The van der Waals surface area contributed by atoms with E-state index in [-0.39, 0.29) is 16.9 Å². The van der Waals surface area contributed by atoms with Crippen LogP contribution in [0, 0.1) is 5.82 Å². The van der Waals surface area contributed by atoms with Crippen LogP contribution in [-0.2, 0) is 13.5 Å². The summed E-state index contributed by atoms with van der Waals surface area (Å²) in [5.74, 6) is -0.387. The number of halogens is 2. The van der Waals surface area contributed by atoms with E-state index in [2.05, 4.69) is 10.4 Å². The molecule has 1 aromatic carbocycles. The van der Waals surface area contributed by atoms with Gasteiger partial charge in [0.1, 0.15) is 5.82 Å². The molecule has 5 heteroatoms. The number of aryl methyl sites for hydroxylation is 1. The van der Waals surface area contributed by atoms with E-state index in [1.165, 1.54) is 6.07 Å². The quantitative estimate of drug-likeness (QED) is 0.923. The van der Waals surface area contributed by atoms with Gasteiger partial charge in [-0.3, -0.25) is 4.68 Å². The molecule has 2 rings (SSSR count). The van der Waals surface area contributed by atoms with Crippen LogP contribution in [0.4, 0.5) is 4.39 Å². The Morgan fingerprint density at radius 2 is 2.22 bits per heavy atom. The minimum atomic E-state index is -0.387. The second-order valence-electron chi connectivity index (χ2n) is 4.17. The van der Waals surface area contributed by atoms with Crippen molar-refractivity contribution in [1.29, 1.82) is 0 Å². The molecule has 0 aliphatic carbocycles. The van der Waals surface area contributed by atoms with Crippen LogP contribution in [0.15, 0.2) is 30.5 Å². The van der Waals surface area contributed by atoms with Gasteiger partial charge in [-0.05, 0) is 37.2 Å². The first kappa shape index (κ1) is 13.1. The lowest BCUT2D eigenvalue weighted by Gasteiger charge is -2.16. The number of nitrogens with zero attached hydrogens (tertiary/aromatic N) is 2. The Hall–Kier alpha value is -1.39. The SMILES string of the molecule is CNC(Cc1ccc(F)c(Cl)c1)c1ccnn1C. The Morgan fingerprint density at radius 3 is 2.78 bits per heavy atom. The third kappa shape index (κ3) is 2.71. The fourth-order valence-electron chi connectivity index (χ4n) is 1.98. The fraction of sp³-hybridized carbons (Fsp3) is 0.308. The van der Waals surface area contributed by atoms with E-state index >= 15 is 0 Å². The molecule has 1 aromatic heterocycles. The lowest BCUT2D eigenvalue weighted by molar-refractivity contribution is 0.536. The van der Waals surface area contributed by atoms with Gasteiger partial charge >= 0.3 is 0 Å². The van der Waals surface area contributed by atoms with Crippen molar-refractivity contribution < 1.29 is 4.39 Å². The minimum absolute atomic E-state index is 0.124. The smallest absolute Gasteiger partial charge is 0.141 e. The van der Waals surface area contributed by atoms with Crippen molar-refractivity contribution in [2.75, 3.05) is 7.05 Å². The molecule has 1 N–H and O–H groups in total. The molecule has 0 fully saturated rings. The molecular formula is C13H15ClFN3. The molecule has 2 aromatic rings. The number of likely N-dealkylation sites (N-methyl/N-ethyl adjacent to an activating group) is 1. The van der Waals surface area contributed by atoms with Crippen molar-refractivity contribution in [3.05, 3.63) is 52.6 Å². The second-order valence-corrected chi connectivity index (χ2v) is 4.58. The average Bonchev–Trinajstić information content (AvgIpc) is 2.77. The Bertz CT molecular complexity index is 539. The monoisotopic (exact) mass is 267 g/mol. The maximum atomic E-state index is 13.1. The van der Waals surface area contributed by atoms with Crippen molar-refractivity contribution in [2.45, 2.75) is 12.5 Å². The van der Waals surface area contributed by atoms with Gasteiger partial charge in [-0.2, -0.15) is 5.10 Å². The molecule has 1 heterocycles. The summed E-state index contributed by atoms with van der Waals surface area (Å²) in [5.41, 5.74) is 2.07. The summed E-state index contributed by atoms with van der Waals surface area (Å²) in [7, 11) is 3.79. The molecule has 0 saturated heterocycles. The standard InChI is InChI=1S/C13H15ClFN3/c1-16-12(13-5-6-17-18(13)2)8-9-3-4-11(15)10(14)7-9/h3-7,12,16H,8H2,1-2H3. The highest BCUT2D eigenvalue weighted by atomic mass is 35.5. The Morgan fingerprint density at radius 1 is 1.44 bits per heavy atom. The van der Waals surface area contributed by atoms with Gasteiger partial charge in [0.15, 0.2) is 0 Å². The molecule has 3 nitrogen and oxygen atoms in total. The highest BCUT2D eigenvalue weighted by molar-refractivity contribution is 6.30. The molecule has 0 radical (unpaired) electrons. The topological polar surface area (TPSA) is 29.9 Å². The van der Waals surface area contributed by atoms with Gasteiger partial charge in [0, 0.05) is 13.2 Å². The summed E-state index contributed by atoms with van der Waals surface area (Å²) in [6.07, 6.45) is 2.49. The van der Waals surface area contributed by atoms with Gasteiger partial charge in [-0.1, -0.05) is 17.7 Å². The third-order valence-electron chi connectivity index (χ3n) is 2.99. The van der Waals surface area contributed by atoms with Crippen LogP contribution >= 0.6 is 11.6 Å². The summed E-state index contributed by atoms with van der Waals surface area (Å²) in [5, 5.41) is 7.54. The van der Waals surface area contributed by atoms with E-state index in [1.807, 2.05) is 24.8 Å². The van der Waals surface area contributed by atoms with Crippen LogP contribution in [0.1, 0.15) is 17.3 Å². The zero-order valence-corrected chi connectivity index (χ0v) is 11.1. The fourth-order valence-corrected chi connectivity index (χ4v) is 2.19. The van der Waals surface area contributed by atoms with E-state index in [0.717, 1.165) is 17.7 Å². The highest BCUT2D eigenvalue weighted by Crippen LogP contribution is 2.21. The molecule has 0 spiro atoms. The van der Waals surface area contributed by atoms with Gasteiger partial charge in [-0.15, -0.1) is 0 Å². The van der Waals surface area contributed by atoms with E-state index in [1.54, 1.807) is 18.3 Å². The van der Waals surface area contributed by atoms with Gasteiger partial charge in [0.2, 0.25) is 0 Å². The predicted molar refractivity (Wildman–Crippen MR) is 70.1 cm³/mol. The Kier molecular flexibility index (Phi) is 3.99. The van der Waals surface area contributed by atoms with Gasteiger partial charge in [0.05, 0.1) is 16.8 Å². The summed E-state index contributed by atoms with van der Waals surface area (Å²) in [4.78, 5) is 0. The summed E-state index contributed by atoms with van der Waals surface area (Å²) >= 11 is 5.78. The predicted octanol–water partition coefficient (Wildman–Crippen LogP) is 2.72. The number of aromatic nitrogens is 2. The van der Waals surface area contributed by atoms with Crippen LogP contribution in [0.5, 0.6) is 0 Å². The molecule has 0 amide bonds. The lowest BCUT2D eigenvalue weighted by Crippen LogP contribution is -2.21. The van der Waals surface area contributed by atoms with E-state index in [4.69, 9.17) is 11.6 Å². The van der Waals surface area contributed by atoms with E-state index in [0.29, 0.717) is 0 Å². The van der Waals surface area contributed by atoms with Gasteiger partial charge in [-0.25, -0.2) is 4.39 Å². The van der Waals surface area contributed by atoms with E-state index < -0.39 is 0 Å². The molecule has 0 aliphatic rings. The molecule has 1 atom stereocenters. The Balaban J connectivity index is 2.20. The first-order valence-corrected chi connectivity index (χ1v) is 6.08.